The van der Waals surface area contributed by atoms with Crippen LogP contribution in [-0.4, -0.2) is 37.1 Å². The average molecular weight is 488 g/mol. The van der Waals surface area contributed by atoms with E-state index in [0.29, 0.717) is 22.8 Å². The van der Waals surface area contributed by atoms with Crippen LogP contribution in [0.4, 0.5) is 17.1 Å². The Kier molecular flexibility index (Phi) is 5.76. The van der Waals surface area contributed by atoms with Crippen LogP contribution in [0, 0.1) is 13.8 Å². The second-order valence-electron chi connectivity index (χ2n) is 8.62. The molecule has 3 aromatic carbocycles. The van der Waals surface area contributed by atoms with E-state index >= 15 is 0 Å². The van der Waals surface area contributed by atoms with Gasteiger partial charge in [0.25, 0.3) is 5.91 Å². The quantitative estimate of drug-likeness (QED) is 0.583. The number of benzene rings is 3. The molecule has 2 heterocycles. The van der Waals surface area contributed by atoms with Gasteiger partial charge in [0, 0.05) is 16.9 Å². The van der Waals surface area contributed by atoms with E-state index in [0.717, 1.165) is 16.7 Å². The number of fused-ring (bicyclic) bond motifs is 2. The number of carbonyl (C=O) groups excluding carboxylic acids is 3. The van der Waals surface area contributed by atoms with Crippen molar-refractivity contribution in [3.63, 3.8) is 0 Å². The molecule has 2 aliphatic heterocycles. The number of carbonyl (C=O) groups is 3. The molecule has 0 radical (unpaired) electrons. The third-order valence-electron chi connectivity index (χ3n) is 6.49. The van der Waals surface area contributed by atoms with Crippen LogP contribution in [-0.2, 0) is 19.3 Å². The van der Waals surface area contributed by atoms with Gasteiger partial charge >= 0.3 is 0 Å². The van der Waals surface area contributed by atoms with E-state index in [1.165, 1.54) is 16.7 Å². The Labute approximate surface area is 208 Å². The highest BCUT2D eigenvalue weighted by atomic mass is 32.2. The van der Waals surface area contributed by atoms with Crippen LogP contribution in [0.1, 0.15) is 16.7 Å². The number of rotatable bonds is 5. The second kappa shape index (κ2) is 8.78. The van der Waals surface area contributed by atoms with Crippen molar-refractivity contribution in [2.24, 2.45) is 0 Å². The minimum absolute atomic E-state index is 0.133. The lowest BCUT2D eigenvalue weighted by Gasteiger charge is -2.33. The van der Waals surface area contributed by atoms with Gasteiger partial charge in [-0.1, -0.05) is 24.3 Å². The second-order valence-corrected chi connectivity index (χ2v) is 9.78. The van der Waals surface area contributed by atoms with Crippen LogP contribution in [0.5, 0.6) is 5.75 Å². The topological polar surface area (TPSA) is 79.0 Å². The molecule has 1 N–H and O–H groups in total. The number of hydrogen-bond acceptors (Lipinski definition) is 5. The largest absolute Gasteiger partial charge is 0.497 e. The lowest BCUT2D eigenvalue weighted by molar-refractivity contribution is -0.124. The Hall–Kier alpha value is -3.78. The summed E-state index contributed by atoms with van der Waals surface area (Å²) >= 11 is 1.30. The lowest BCUT2D eigenvalue weighted by Crippen LogP contribution is -2.50. The summed E-state index contributed by atoms with van der Waals surface area (Å²) in [4.78, 5) is 42.0. The van der Waals surface area contributed by atoms with E-state index in [1.807, 2.05) is 56.3 Å². The van der Waals surface area contributed by atoms with Gasteiger partial charge in [0.15, 0.2) is 0 Å². The van der Waals surface area contributed by atoms with Gasteiger partial charge in [-0.2, -0.15) is 0 Å². The Bertz CT molecular complexity index is 1340. The summed E-state index contributed by atoms with van der Waals surface area (Å²) < 4.78 is 5.16. The number of para-hydroxylation sites is 1. The highest BCUT2D eigenvalue weighted by Gasteiger charge is 2.61. The zero-order valence-corrected chi connectivity index (χ0v) is 20.5. The Morgan fingerprint density at radius 2 is 1.77 bits per heavy atom. The van der Waals surface area contributed by atoms with Crippen LogP contribution in [0.25, 0.3) is 0 Å². The first-order valence-corrected chi connectivity index (χ1v) is 12.2. The third kappa shape index (κ3) is 3.74. The molecule has 8 heteroatoms. The summed E-state index contributed by atoms with van der Waals surface area (Å²) in [6.07, 6.45) is 0. The van der Waals surface area contributed by atoms with Crippen molar-refractivity contribution in [1.82, 2.24) is 0 Å². The van der Waals surface area contributed by atoms with Crippen molar-refractivity contribution in [2.75, 3.05) is 34.5 Å². The molecule has 0 saturated carbocycles. The molecule has 1 saturated heterocycles. The number of nitrogens with zero attached hydrogens (tertiary/aromatic N) is 2. The molecule has 0 aromatic heterocycles. The fourth-order valence-corrected chi connectivity index (χ4v) is 5.96. The predicted molar refractivity (Wildman–Crippen MR) is 138 cm³/mol. The zero-order chi connectivity index (χ0) is 24.7. The van der Waals surface area contributed by atoms with Gasteiger partial charge in [0.2, 0.25) is 16.7 Å². The van der Waals surface area contributed by atoms with Crippen LogP contribution in [0.2, 0.25) is 0 Å². The maximum absolute atomic E-state index is 14.1. The minimum Gasteiger partial charge on any atom is -0.497 e. The van der Waals surface area contributed by atoms with E-state index in [2.05, 4.69) is 5.32 Å². The molecular formula is C27H25N3O4S. The molecule has 7 nitrogen and oxygen atoms in total. The molecule has 35 heavy (non-hydrogen) atoms. The number of nitrogens with one attached hydrogen (secondary N) is 1. The van der Waals surface area contributed by atoms with Crippen LogP contribution >= 0.6 is 11.8 Å². The first kappa shape index (κ1) is 23.0. The summed E-state index contributed by atoms with van der Waals surface area (Å²) in [5.41, 5.74) is 4.78. The number of ether oxygens (including phenoxy) is 1. The Morgan fingerprint density at radius 3 is 2.49 bits per heavy atom. The summed E-state index contributed by atoms with van der Waals surface area (Å²) in [5, 5.41) is 2.84. The molecular weight excluding hydrogens is 462 g/mol. The highest BCUT2D eigenvalue weighted by molar-refractivity contribution is 8.02. The molecule has 3 aromatic rings. The summed E-state index contributed by atoms with van der Waals surface area (Å²) in [5.74, 6) is 0.104. The Balaban J connectivity index is 1.49. The number of thioether (sulfide) groups is 1. The van der Waals surface area contributed by atoms with Crippen LogP contribution < -0.4 is 19.9 Å². The van der Waals surface area contributed by atoms with E-state index in [1.54, 1.807) is 36.3 Å². The lowest BCUT2D eigenvalue weighted by atomic mass is 10.0. The maximum atomic E-state index is 14.1. The number of hydrogen-bond donors (Lipinski definition) is 1. The summed E-state index contributed by atoms with van der Waals surface area (Å²) in [6, 6.07) is 20.2. The first-order valence-electron chi connectivity index (χ1n) is 11.2. The van der Waals surface area contributed by atoms with Crippen molar-refractivity contribution in [3.05, 3.63) is 83.4 Å². The van der Waals surface area contributed by atoms with Gasteiger partial charge < -0.3 is 10.1 Å². The minimum atomic E-state index is -1.24. The zero-order valence-electron chi connectivity index (χ0n) is 19.7. The monoisotopic (exact) mass is 487 g/mol. The van der Waals surface area contributed by atoms with E-state index in [4.69, 9.17) is 4.74 Å². The third-order valence-corrected chi connectivity index (χ3v) is 7.87. The van der Waals surface area contributed by atoms with Gasteiger partial charge in [0.1, 0.15) is 12.3 Å². The average Bonchev–Trinajstić information content (AvgIpc) is 3.32. The molecule has 3 amide bonds. The van der Waals surface area contributed by atoms with Crippen molar-refractivity contribution in [2.45, 2.75) is 18.7 Å². The van der Waals surface area contributed by atoms with Crippen LogP contribution in [0.15, 0.2) is 66.7 Å². The molecule has 1 atom stereocenters. The van der Waals surface area contributed by atoms with Crippen molar-refractivity contribution in [1.29, 1.82) is 0 Å². The fourth-order valence-electron chi connectivity index (χ4n) is 4.60. The molecule has 0 aliphatic carbocycles. The van der Waals surface area contributed by atoms with Gasteiger partial charge in [-0.05, 0) is 67.4 Å². The molecule has 0 unspecified atom stereocenters. The van der Waals surface area contributed by atoms with Crippen LogP contribution in [0.3, 0.4) is 0 Å². The van der Waals surface area contributed by atoms with E-state index in [9.17, 15) is 14.4 Å². The molecule has 2 aliphatic rings. The van der Waals surface area contributed by atoms with Gasteiger partial charge in [-0.25, -0.2) is 0 Å². The fraction of sp³-hybridized carbons (Fsp3) is 0.222. The van der Waals surface area contributed by atoms with E-state index < -0.39 is 4.87 Å². The van der Waals surface area contributed by atoms with Crippen molar-refractivity contribution < 1.29 is 19.1 Å². The number of amides is 3. The van der Waals surface area contributed by atoms with Gasteiger partial charge in [-0.3, -0.25) is 24.2 Å². The predicted octanol–water partition coefficient (Wildman–Crippen LogP) is 4.23. The number of methoxy groups -OCH3 is 1. The van der Waals surface area contributed by atoms with Crippen molar-refractivity contribution >= 4 is 46.5 Å². The maximum Gasteiger partial charge on any atom is 0.269 e. The SMILES string of the molecule is COc1ccc(NC(=O)CN2C(=O)[C@@]3(SCC(=O)N3c3ccc(C)c(C)c3)c3ccccc32)cc1. The molecule has 5 rings (SSSR count). The normalized spacial score (nSPS) is 18.8. The Morgan fingerprint density at radius 1 is 1.03 bits per heavy atom. The summed E-state index contributed by atoms with van der Waals surface area (Å²) in [7, 11) is 1.58. The number of anilines is 3. The van der Waals surface area contributed by atoms with Crippen molar-refractivity contribution in [3.8, 4) is 5.75 Å². The summed E-state index contributed by atoms with van der Waals surface area (Å²) in [6.45, 7) is 3.83. The number of aryl methyl sites for hydroxylation is 2. The highest BCUT2D eigenvalue weighted by Crippen LogP contribution is 2.55. The molecule has 1 fully saturated rings. The van der Waals surface area contributed by atoms with Gasteiger partial charge in [0.05, 0.1) is 18.6 Å². The molecule has 178 valence electrons. The smallest absolute Gasteiger partial charge is 0.269 e. The van der Waals surface area contributed by atoms with Gasteiger partial charge in [-0.15, -0.1) is 11.8 Å². The standard InChI is InChI=1S/C27H25N3O4S/c1-17-8-11-20(14-18(17)2)30-25(32)16-35-27(30)22-6-4-5-7-23(22)29(26(27)33)15-24(31)28-19-9-12-21(34-3)13-10-19/h4-14H,15-16H2,1-3H3,(H,28,31)/t27-/m0/s1. The first-order chi connectivity index (χ1) is 16.8. The van der Waals surface area contributed by atoms with E-state index in [-0.39, 0.29) is 30.0 Å². The molecule has 1 spiro atoms. The molecule has 0 bridgehead atoms.